The lowest BCUT2D eigenvalue weighted by Crippen LogP contribution is -2.21. The third kappa shape index (κ3) is 5.68. The van der Waals surface area contributed by atoms with E-state index in [0.717, 1.165) is 0 Å². The molecule has 0 saturated heterocycles. The number of carbonyl (C=O) groups is 2. The first-order valence-electron chi connectivity index (χ1n) is 6.79. The average molecular weight is 317 g/mol. The molecule has 0 aromatic heterocycles. The van der Waals surface area contributed by atoms with E-state index in [1.165, 1.54) is 31.3 Å². The van der Waals surface area contributed by atoms with Crippen LogP contribution < -0.4 is 16.4 Å². The van der Waals surface area contributed by atoms with Gasteiger partial charge in [0.1, 0.15) is 17.9 Å². The molecule has 0 aliphatic carbocycles. The van der Waals surface area contributed by atoms with Gasteiger partial charge in [0, 0.05) is 0 Å². The third-order valence-corrected chi connectivity index (χ3v) is 2.68. The topological polar surface area (TPSA) is 125 Å². The highest BCUT2D eigenvalue weighted by molar-refractivity contribution is 6.08. The van der Waals surface area contributed by atoms with Crippen molar-refractivity contribution in [3.63, 3.8) is 0 Å². The van der Waals surface area contributed by atoms with Gasteiger partial charge in [-0.05, 0) is 31.3 Å². The second-order valence-electron chi connectivity index (χ2n) is 4.31. The highest BCUT2D eigenvalue weighted by Crippen LogP contribution is 2.23. The SMILES string of the molecule is CN.O=C(CC(=O)Nc1ccccc1O)Nc1ccccc1O. The van der Waals surface area contributed by atoms with Gasteiger partial charge in [0.05, 0.1) is 11.4 Å². The summed E-state index contributed by atoms with van der Waals surface area (Å²) >= 11 is 0. The van der Waals surface area contributed by atoms with E-state index in [1.54, 1.807) is 24.3 Å². The Hall–Kier alpha value is -3.06. The van der Waals surface area contributed by atoms with Gasteiger partial charge >= 0.3 is 0 Å². The fourth-order valence-electron chi connectivity index (χ4n) is 1.69. The highest BCUT2D eigenvalue weighted by atomic mass is 16.3. The zero-order valence-corrected chi connectivity index (χ0v) is 12.6. The molecule has 0 unspecified atom stereocenters. The molecule has 2 aromatic rings. The molecule has 0 bridgehead atoms. The molecule has 2 rings (SSSR count). The molecule has 2 aromatic carbocycles. The summed E-state index contributed by atoms with van der Waals surface area (Å²) in [6, 6.07) is 12.4. The summed E-state index contributed by atoms with van der Waals surface area (Å²) in [5, 5.41) is 23.9. The molecule has 23 heavy (non-hydrogen) atoms. The molecule has 7 nitrogen and oxygen atoms in total. The number of benzene rings is 2. The first-order chi connectivity index (χ1) is 11.1. The number of carbonyl (C=O) groups excluding carboxylic acids is 2. The predicted molar refractivity (Wildman–Crippen MR) is 88.2 cm³/mol. The summed E-state index contributed by atoms with van der Waals surface area (Å²) in [4.78, 5) is 23.4. The Morgan fingerprint density at radius 1 is 0.826 bits per heavy atom. The maximum atomic E-state index is 11.7. The van der Waals surface area contributed by atoms with Gasteiger partial charge in [-0.2, -0.15) is 0 Å². The Kier molecular flexibility index (Phi) is 7.09. The van der Waals surface area contributed by atoms with Gasteiger partial charge in [0.2, 0.25) is 11.8 Å². The van der Waals surface area contributed by atoms with E-state index in [9.17, 15) is 19.8 Å². The number of aromatic hydroxyl groups is 2. The number of nitrogens with one attached hydrogen (secondary N) is 2. The fraction of sp³-hybridized carbons (Fsp3) is 0.125. The fourth-order valence-corrected chi connectivity index (χ4v) is 1.69. The molecule has 7 heteroatoms. The Morgan fingerprint density at radius 3 is 1.52 bits per heavy atom. The van der Waals surface area contributed by atoms with Crippen molar-refractivity contribution in [3.05, 3.63) is 48.5 Å². The monoisotopic (exact) mass is 317 g/mol. The van der Waals surface area contributed by atoms with Gasteiger partial charge in [0.15, 0.2) is 0 Å². The van der Waals surface area contributed by atoms with Crippen LogP contribution in [0.5, 0.6) is 11.5 Å². The molecule has 0 aliphatic heterocycles. The summed E-state index contributed by atoms with van der Waals surface area (Å²) in [5.74, 6) is -1.28. The van der Waals surface area contributed by atoms with Gasteiger partial charge in [-0.15, -0.1) is 0 Å². The number of para-hydroxylation sites is 4. The Labute approximate surface area is 133 Å². The van der Waals surface area contributed by atoms with Gasteiger partial charge in [0.25, 0.3) is 0 Å². The van der Waals surface area contributed by atoms with Crippen LogP contribution in [0.2, 0.25) is 0 Å². The van der Waals surface area contributed by atoms with Gasteiger partial charge in [-0.25, -0.2) is 0 Å². The van der Waals surface area contributed by atoms with E-state index < -0.39 is 18.2 Å². The average Bonchev–Trinajstić information content (AvgIpc) is 2.54. The van der Waals surface area contributed by atoms with Crippen molar-refractivity contribution in [2.45, 2.75) is 6.42 Å². The van der Waals surface area contributed by atoms with Crippen LogP contribution in [0.25, 0.3) is 0 Å². The van der Waals surface area contributed by atoms with Crippen molar-refractivity contribution in [3.8, 4) is 11.5 Å². The van der Waals surface area contributed by atoms with Crippen LogP contribution in [0.1, 0.15) is 6.42 Å². The second-order valence-corrected chi connectivity index (χ2v) is 4.31. The van der Waals surface area contributed by atoms with Crippen LogP contribution >= 0.6 is 0 Å². The van der Waals surface area contributed by atoms with Gasteiger partial charge in [-0.3, -0.25) is 9.59 Å². The van der Waals surface area contributed by atoms with Crippen molar-refractivity contribution in [2.75, 3.05) is 17.7 Å². The van der Waals surface area contributed by atoms with Crippen molar-refractivity contribution < 1.29 is 19.8 Å². The summed E-state index contributed by atoms with van der Waals surface area (Å²) in [7, 11) is 1.50. The van der Waals surface area contributed by atoms with E-state index in [4.69, 9.17) is 0 Å². The van der Waals surface area contributed by atoms with Crippen molar-refractivity contribution in [1.82, 2.24) is 0 Å². The number of hydrogen-bond acceptors (Lipinski definition) is 5. The zero-order chi connectivity index (χ0) is 17.2. The molecule has 0 spiro atoms. The van der Waals surface area contributed by atoms with E-state index in [-0.39, 0.29) is 22.9 Å². The number of amides is 2. The largest absolute Gasteiger partial charge is 0.506 e. The number of rotatable bonds is 4. The lowest BCUT2D eigenvalue weighted by Gasteiger charge is -2.08. The summed E-state index contributed by atoms with van der Waals surface area (Å²) < 4.78 is 0. The standard InChI is InChI=1S/C15H14N2O4.CH5N/c18-12-7-3-1-5-10(12)16-14(20)9-15(21)17-11-6-2-4-8-13(11)19;1-2/h1-8,18-19H,9H2,(H,16,20)(H,17,21);2H2,1H3. The molecule has 0 atom stereocenters. The second kappa shape index (κ2) is 9.06. The predicted octanol–water partition coefficient (Wildman–Crippen LogP) is 1.64. The maximum Gasteiger partial charge on any atom is 0.233 e. The van der Waals surface area contributed by atoms with Crippen LogP contribution in [0.4, 0.5) is 11.4 Å². The maximum absolute atomic E-state index is 11.7. The molecule has 0 heterocycles. The van der Waals surface area contributed by atoms with Crippen LogP contribution in [0.3, 0.4) is 0 Å². The number of phenols is 2. The first kappa shape index (κ1) is 18.0. The highest BCUT2D eigenvalue weighted by Gasteiger charge is 2.12. The minimum Gasteiger partial charge on any atom is -0.506 e. The molecule has 0 fully saturated rings. The van der Waals surface area contributed by atoms with E-state index in [0.29, 0.717) is 0 Å². The number of hydrogen-bond donors (Lipinski definition) is 5. The number of phenolic OH excluding ortho intramolecular Hbond substituents is 2. The van der Waals surface area contributed by atoms with Crippen molar-refractivity contribution >= 4 is 23.2 Å². The van der Waals surface area contributed by atoms with Gasteiger partial charge < -0.3 is 26.6 Å². The first-order valence-corrected chi connectivity index (χ1v) is 6.79. The van der Waals surface area contributed by atoms with Crippen LogP contribution in [-0.2, 0) is 9.59 Å². The molecular formula is C16H19N3O4. The van der Waals surface area contributed by atoms with Crippen molar-refractivity contribution in [2.24, 2.45) is 5.73 Å². The van der Waals surface area contributed by atoms with E-state index in [1.807, 2.05) is 0 Å². The lowest BCUT2D eigenvalue weighted by atomic mass is 10.2. The van der Waals surface area contributed by atoms with Gasteiger partial charge in [-0.1, -0.05) is 24.3 Å². The number of anilines is 2. The Balaban J connectivity index is 0.00000127. The summed E-state index contributed by atoms with van der Waals surface area (Å²) in [6.45, 7) is 0. The molecular weight excluding hydrogens is 298 g/mol. The van der Waals surface area contributed by atoms with Crippen LogP contribution in [0, 0.1) is 0 Å². The molecule has 0 radical (unpaired) electrons. The molecule has 0 aliphatic rings. The smallest absolute Gasteiger partial charge is 0.233 e. The molecule has 122 valence electrons. The molecule has 6 N–H and O–H groups in total. The number of nitrogens with two attached hydrogens (primary N) is 1. The molecule has 2 amide bonds. The summed E-state index contributed by atoms with van der Waals surface area (Å²) in [6.07, 6.45) is -0.428. The van der Waals surface area contributed by atoms with E-state index >= 15 is 0 Å². The normalized spacial score (nSPS) is 9.30. The Morgan fingerprint density at radius 2 is 1.17 bits per heavy atom. The quantitative estimate of drug-likeness (QED) is 0.433. The third-order valence-electron chi connectivity index (χ3n) is 2.68. The van der Waals surface area contributed by atoms with Crippen molar-refractivity contribution in [1.29, 1.82) is 0 Å². The van der Waals surface area contributed by atoms with Crippen LogP contribution in [-0.4, -0.2) is 29.1 Å². The van der Waals surface area contributed by atoms with E-state index in [2.05, 4.69) is 16.4 Å². The minimum absolute atomic E-state index is 0.0769. The summed E-state index contributed by atoms with van der Waals surface area (Å²) in [5.41, 5.74) is 4.97. The van der Waals surface area contributed by atoms with Crippen LogP contribution in [0.15, 0.2) is 48.5 Å². The zero-order valence-electron chi connectivity index (χ0n) is 12.6. The molecule has 0 saturated carbocycles. The lowest BCUT2D eigenvalue weighted by molar-refractivity contribution is -0.123. The Bertz CT molecular complexity index is 616. The minimum atomic E-state index is -0.565.